The molecule has 0 aliphatic rings. The molecule has 0 aliphatic carbocycles. The molecule has 0 spiro atoms. The zero-order valence-corrected chi connectivity index (χ0v) is 12.2. The van der Waals surface area contributed by atoms with E-state index in [2.05, 4.69) is 26.3 Å². The lowest BCUT2D eigenvalue weighted by Gasteiger charge is -2.22. The fraction of sp³-hybridized carbons (Fsp3) is 0.500. The predicted octanol–water partition coefficient (Wildman–Crippen LogP) is 3.31. The number of hydrogen-bond donors (Lipinski definition) is 3. The molecule has 0 aliphatic heterocycles. The molecular formula is C12H20ClNO2S. The third-order valence-corrected chi connectivity index (χ3v) is 3.26. The van der Waals surface area contributed by atoms with Crippen molar-refractivity contribution in [2.75, 3.05) is 6.26 Å². The van der Waals surface area contributed by atoms with Gasteiger partial charge >= 0.3 is 0 Å². The number of halogens is 1. The van der Waals surface area contributed by atoms with Gasteiger partial charge in [-0.3, -0.25) is 0 Å². The summed E-state index contributed by atoms with van der Waals surface area (Å²) >= 11 is 1.51. The average molecular weight is 278 g/mol. The van der Waals surface area contributed by atoms with Crippen molar-refractivity contribution in [2.45, 2.75) is 37.6 Å². The van der Waals surface area contributed by atoms with E-state index in [0.717, 1.165) is 16.0 Å². The molecule has 0 unspecified atom stereocenters. The molecule has 1 aromatic carbocycles. The van der Waals surface area contributed by atoms with Crippen LogP contribution in [0.15, 0.2) is 17.0 Å². The van der Waals surface area contributed by atoms with Crippen LogP contribution in [0.1, 0.15) is 31.9 Å². The van der Waals surface area contributed by atoms with Crippen LogP contribution >= 0.6 is 24.2 Å². The van der Waals surface area contributed by atoms with Gasteiger partial charge in [0.2, 0.25) is 0 Å². The molecule has 0 aromatic heterocycles. The van der Waals surface area contributed by atoms with Crippen LogP contribution in [0.4, 0.5) is 0 Å². The van der Waals surface area contributed by atoms with E-state index in [0.29, 0.717) is 0 Å². The molecule has 0 radical (unpaired) electrons. The van der Waals surface area contributed by atoms with Crippen molar-refractivity contribution in [3.63, 3.8) is 0 Å². The van der Waals surface area contributed by atoms with Gasteiger partial charge in [-0.1, -0.05) is 26.8 Å². The molecule has 98 valence electrons. The highest BCUT2D eigenvalue weighted by Crippen LogP contribution is 2.35. The Morgan fingerprint density at radius 2 is 1.88 bits per heavy atom. The largest absolute Gasteiger partial charge is 0.506 e. The maximum Gasteiger partial charge on any atom is 0.133 e. The number of rotatable bonds is 3. The van der Waals surface area contributed by atoms with E-state index in [9.17, 15) is 5.11 Å². The Labute approximate surface area is 113 Å². The summed E-state index contributed by atoms with van der Waals surface area (Å²) in [6.45, 7) is 6.63. The van der Waals surface area contributed by atoms with E-state index < -0.39 is 0 Å². The van der Waals surface area contributed by atoms with Crippen molar-refractivity contribution in [2.24, 2.45) is 0 Å². The Hall–Kier alpha value is -0.420. The molecule has 17 heavy (non-hydrogen) atoms. The Morgan fingerprint density at radius 1 is 1.29 bits per heavy atom. The van der Waals surface area contributed by atoms with Crippen LogP contribution < -0.4 is 5.48 Å². The van der Waals surface area contributed by atoms with Crippen LogP contribution in [0.3, 0.4) is 0 Å². The van der Waals surface area contributed by atoms with Crippen molar-refractivity contribution in [1.29, 1.82) is 0 Å². The van der Waals surface area contributed by atoms with Gasteiger partial charge in [0.25, 0.3) is 0 Å². The molecule has 1 rings (SSSR count). The fourth-order valence-electron chi connectivity index (χ4n) is 1.47. The van der Waals surface area contributed by atoms with E-state index in [1.54, 1.807) is 0 Å². The fourth-order valence-corrected chi connectivity index (χ4v) is 2.04. The highest BCUT2D eigenvalue weighted by molar-refractivity contribution is 7.98. The molecular weight excluding hydrogens is 258 g/mol. The summed E-state index contributed by atoms with van der Waals surface area (Å²) < 4.78 is 0. The molecule has 1 aromatic rings. The summed E-state index contributed by atoms with van der Waals surface area (Å²) in [5, 5.41) is 18.7. The van der Waals surface area contributed by atoms with Gasteiger partial charge < -0.3 is 10.3 Å². The topological polar surface area (TPSA) is 52.5 Å². The van der Waals surface area contributed by atoms with E-state index in [4.69, 9.17) is 5.21 Å². The molecule has 3 N–H and O–H groups in total. The van der Waals surface area contributed by atoms with Crippen LogP contribution in [-0.2, 0) is 12.0 Å². The monoisotopic (exact) mass is 277 g/mol. The number of hydrogen-bond acceptors (Lipinski definition) is 4. The minimum atomic E-state index is 0. The number of thioether (sulfide) groups is 1. The first-order chi connectivity index (χ1) is 7.40. The molecule has 0 saturated heterocycles. The SMILES string of the molecule is CSc1cc(C(C)(C)C)cc(CNO)c1O.Cl. The highest BCUT2D eigenvalue weighted by atomic mass is 35.5. The Kier molecular flexibility index (Phi) is 6.34. The number of phenols is 1. The lowest BCUT2D eigenvalue weighted by Crippen LogP contribution is -2.13. The van der Waals surface area contributed by atoms with Gasteiger partial charge in [0.1, 0.15) is 5.75 Å². The maximum absolute atomic E-state index is 9.94. The molecule has 3 nitrogen and oxygen atoms in total. The van der Waals surface area contributed by atoms with E-state index in [1.165, 1.54) is 11.8 Å². The molecule has 0 saturated carbocycles. The summed E-state index contributed by atoms with van der Waals surface area (Å²) in [6.07, 6.45) is 1.93. The van der Waals surface area contributed by atoms with Crippen LogP contribution in [0, 0.1) is 0 Å². The quantitative estimate of drug-likeness (QED) is 0.586. The van der Waals surface area contributed by atoms with Gasteiger partial charge in [-0.2, -0.15) is 0 Å². The second-order valence-electron chi connectivity index (χ2n) is 4.77. The Bertz CT molecular complexity index is 378. The van der Waals surface area contributed by atoms with E-state index in [-0.39, 0.29) is 30.1 Å². The normalized spacial score (nSPS) is 11.1. The van der Waals surface area contributed by atoms with Crippen LogP contribution in [0.25, 0.3) is 0 Å². The lowest BCUT2D eigenvalue weighted by atomic mass is 9.86. The van der Waals surface area contributed by atoms with Crippen molar-refractivity contribution in [3.05, 3.63) is 23.3 Å². The number of hydroxylamine groups is 1. The molecule has 0 heterocycles. The summed E-state index contributed by atoms with van der Waals surface area (Å²) in [4.78, 5) is 0.845. The number of aromatic hydroxyl groups is 1. The van der Waals surface area contributed by atoms with Gasteiger partial charge in [-0.15, -0.1) is 24.2 Å². The molecule has 0 bridgehead atoms. The van der Waals surface area contributed by atoms with Gasteiger partial charge in [0.05, 0.1) is 0 Å². The summed E-state index contributed by atoms with van der Waals surface area (Å²) in [7, 11) is 0. The molecule has 0 fully saturated rings. The highest BCUT2D eigenvalue weighted by Gasteiger charge is 2.18. The van der Waals surface area contributed by atoms with Gasteiger partial charge in [0, 0.05) is 17.0 Å². The van der Waals surface area contributed by atoms with Gasteiger partial charge in [-0.25, -0.2) is 5.48 Å². The second kappa shape index (κ2) is 6.50. The predicted molar refractivity (Wildman–Crippen MR) is 74.5 cm³/mol. The molecule has 0 atom stereocenters. The van der Waals surface area contributed by atoms with Crippen molar-refractivity contribution >= 4 is 24.2 Å². The van der Waals surface area contributed by atoms with Crippen molar-refractivity contribution in [1.82, 2.24) is 5.48 Å². The minimum absolute atomic E-state index is 0. The minimum Gasteiger partial charge on any atom is -0.506 e. The van der Waals surface area contributed by atoms with E-state index in [1.807, 2.05) is 18.4 Å². The molecule has 5 heteroatoms. The number of phenolic OH excluding ortho intramolecular Hbond substituents is 1. The van der Waals surface area contributed by atoms with Crippen molar-refractivity contribution in [3.8, 4) is 5.75 Å². The maximum atomic E-state index is 9.94. The van der Waals surface area contributed by atoms with Crippen LogP contribution in [0.2, 0.25) is 0 Å². The Morgan fingerprint density at radius 3 is 2.29 bits per heavy atom. The Balaban J connectivity index is 0.00000256. The summed E-state index contributed by atoms with van der Waals surface area (Å²) in [5.41, 5.74) is 3.99. The van der Waals surface area contributed by atoms with Gasteiger partial charge in [0.15, 0.2) is 0 Å². The smallest absolute Gasteiger partial charge is 0.133 e. The summed E-state index contributed by atoms with van der Waals surface area (Å²) in [6, 6.07) is 3.93. The summed E-state index contributed by atoms with van der Waals surface area (Å²) in [5.74, 6) is 0.252. The van der Waals surface area contributed by atoms with Crippen LogP contribution in [0.5, 0.6) is 5.75 Å². The third-order valence-electron chi connectivity index (χ3n) is 2.51. The first-order valence-corrected chi connectivity index (χ1v) is 6.40. The molecule has 0 amide bonds. The first kappa shape index (κ1) is 16.6. The third kappa shape index (κ3) is 4.07. The standard InChI is InChI=1S/C12H19NO2S.ClH/c1-12(2,3)9-5-8(7-13-15)11(14)10(6-9)16-4;/h5-6,13-15H,7H2,1-4H3;1H. The van der Waals surface area contributed by atoms with E-state index >= 15 is 0 Å². The lowest BCUT2D eigenvalue weighted by molar-refractivity contribution is 0.160. The number of benzene rings is 1. The van der Waals surface area contributed by atoms with Gasteiger partial charge in [-0.05, 0) is 23.3 Å². The average Bonchev–Trinajstić information content (AvgIpc) is 2.19. The first-order valence-electron chi connectivity index (χ1n) is 5.17. The zero-order chi connectivity index (χ0) is 12.3. The number of nitrogens with one attached hydrogen (secondary N) is 1. The van der Waals surface area contributed by atoms with Crippen molar-refractivity contribution < 1.29 is 10.3 Å². The zero-order valence-electron chi connectivity index (χ0n) is 10.6. The van der Waals surface area contributed by atoms with Crippen LogP contribution in [-0.4, -0.2) is 16.6 Å². The second-order valence-corrected chi connectivity index (χ2v) is 5.62.